The molecular weight excluding hydrogens is 272 g/mol. The van der Waals surface area contributed by atoms with Crippen LogP contribution in [0.15, 0.2) is 24.3 Å². The third-order valence-corrected chi connectivity index (χ3v) is 7.61. The highest BCUT2D eigenvalue weighted by Gasteiger charge is 2.58. The first kappa shape index (κ1) is 16.3. The molecule has 0 unspecified atom stereocenters. The van der Waals surface area contributed by atoms with E-state index >= 15 is 0 Å². The van der Waals surface area contributed by atoms with Crippen LogP contribution in [0, 0.1) is 28.1 Å². The first-order valence-electron chi connectivity index (χ1n) is 8.90. The van der Waals surface area contributed by atoms with Crippen molar-refractivity contribution in [2.45, 2.75) is 65.4 Å². The van der Waals surface area contributed by atoms with Crippen LogP contribution >= 0.6 is 0 Å². The average Bonchev–Trinajstić information content (AvgIpc) is 2.51. The van der Waals surface area contributed by atoms with E-state index in [4.69, 9.17) is 0 Å². The minimum absolute atomic E-state index is 0.0920. The van der Waals surface area contributed by atoms with Crippen LogP contribution in [0.5, 0.6) is 0 Å². The van der Waals surface area contributed by atoms with Gasteiger partial charge in [-0.2, -0.15) is 0 Å². The molecule has 2 fully saturated rings. The molecular formula is C20H32O2. The van der Waals surface area contributed by atoms with E-state index in [1.54, 1.807) is 5.57 Å². The summed E-state index contributed by atoms with van der Waals surface area (Å²) >= 11 is 0. The Bertz CT molecular complexity index is 496. The van der Waals surface area contributed by atoms with Crippen molar-refractivity contribution in [3.05, 3.63) is 24.3 Å². The topological polar surface area (TPSA) is 40.5 Å². The van der Waals surface area contributed by atoms with E-state index in [1.165, 1.54) is 12.8 Å². The average molecular weight is 304 g/mol. The minimum atomic E-state index is -0.368. The van der Waals surface area contributed by atoms with E-state index in [-0.39, 0.29) is 29.0 Å². The Morgan fingerprint density at radius 1 is 1.27 bits per heavy atom. The van der Waals surface area contributed by atoms with Gasteiger partial charge >= 0.3 is 0 Å². The van der Waals surface area contributed by atoms with Crippen LogP contribution in [0.1, 0.15) is 59.3 Å². The highest BCUT2D eigenvalue weighted by molar-refractivity contribution is 5.25. The summed E-state index contributed by atoms with van der Waals surface area (Å²) in [6.45, 7) is 11.0. The molecule has 0 saturated heterocycles. The van der Waals surface area contributed by atoms with Crippen LogP contribution in [0.2, 0.25) is 0 Å². The van der Waals surface area contributed by atoms with E-state index in [9.17, 15) is 10.2 Å². The van der Waals surface area contributed by atoms with Gasteiger partial charge in [-0.1, -0.05) is 38.5 Å². The molecule has 0 aromatic carbocycles. The Hall–Kier alpha value is -0.600. The number of rotatable bonds is 2. The predicted molar refractivity (Wildman–Crippen MR) is 90.4 cm³/mol. The molecule has 0 heterocycles. The molecule has 3 aliphatic carbocycles. The van der Waals surface area contributed by atoms with Gasteiger partial charge in [0.1, 0.15) is 0 Å². The molecule has 0 radical (unpaired) electrons. The first-order valence-corrected chi connectivity index (χ1v) is 8.90. The zero-order valence-electron chi connectivity index (χ0n) is 14.4. The van der Waals surface area contributed by atoms with Crippen LogP contribution < -0.4 is 0 Å². The molecule has 0 bridgehead atoms. The van der Waals surface area contributed by atoms with E-state index in [2.05, 4.69) is 39.5 Å². The number of hydrogen-bond donors (Lipinski definition) is 2. The quantitative estimate of drug-likeness (QED) is 0.755. The van der Waals surface area contributed by atoms with Gasteiger partial charge in [-0.15, -0.1) is 6.58 Å². The molecule has 2 N–H and O–H groups in total. The lowest BCUT2D eigenvalue weighted by atomic mass is 9.45. The van der Waals surface area contributed by atoms with Gasteiger partial charge in [0.05, 0.1) is 12.7 Å². The summed E-state index contributed by atoms with van der Waals surface area (Å²) in [5.41, 5.74) is 1.74. The van der Waals surface area contributed by atoms with Crippen molar-refractivity contribution in [2.75, 3.05) is 6.61 Å². The Labute approximate surface area is 135 Å². The Morgan fingerprint density at radius 2 is 2.00 bits per heavy atom. The summed E-state index contributed by atoms with van der Waals surface area (Å²) in [6, 6.07) is 0. The van der Waals surface area contributed by atoms with Crippen molar-refractivity contribution in [3.8, 4) is 0 Å². The molecule has 0 aromatic heterocycles. The monoisotopic (exact) mass is 304 g/mol. The maximum absolute atomic E-state index is 10.5. The number of hydrogen-bond acceptors (Lipinski definition) is 2. The summed E-state index contributed by atoms with van der Waals surface area (Å²) < 4.78 is 0. The maximum Gasteiger partial charge on any atom is 0.0618 e. The SMILES string of the molecule is C=C[C@@]1(C)CC[C@@H]2C(=CC[C@@H]3[C@](C)(CO)[C@H](O)CC[C@]32C)C1. The lowest BCUT2D eigenvalue weighted by molar-refractivity contribution is -0.147. The lowest BCUT2D eigenvalue weighted by Gasteiger charge is -2.60. The number of allylic oxidation sites excluding steroid dienone is 3. The van der Waals surface area contributed by atoms with Crippen molar-refractivity contribution in [1.29, 1.82) is 0 Å². The van der Waals surface area contributed by atoms with E-state index < -0.39 is 0 Å². The van der Waals surface area contributed by atoms with Crippen LogP contribution in [0.4, 0.5) is 0 Å². The molecule has 0 aliphatic heterocycles. The van der Waals surface area contributed by atoms with Gasteiger partial charge in [-0.05, 0) is 61.2 Å². The summed E-state index contributed by atoms with van der Waals surface area (Å²) in [6.07, 6.45) is 10.7. The second-order valence-electron chi connectivity index (χ2n) is 8.92. The normalized spacial score (nSPS) is 51.5. The smallest absolute Gasteiger partial charge is 0.0618 e. The largest absolute Gasteiger partial charge is 0.396 e. The molecule has 6 atom stereocenters. The van der Waals surface area contributed by atoms with Gasteiger partial charge in [-0.3, -0.25) is 0 Å². The Morgan fingerprint density at radius 3 is 2.64 bits per heavy atom. The predicted octanol–water partition coefficient (Wildman–Crippen LogP) is 4.08. The van der Waals surface area contributed by atoms with Gasteiger partial charge in [0.2, 0.25) is 0 Å². The molecule has 0 spiro atoms. The van der Waals surface area contributed by atoms with Gasteiger partial charge in [-0.25, -0.2) is 0 Å². The fourth-order valence-electron chi connectivity index (χ4n) is 5.86. The van der Waals surface area contributed by atoms with Gasteiger partial charge in [0, 0.05) is 5.41 Å². The second kappa shape index (κ2) is 5.21. The standard InChI is InChI=1S/C20H32O2/c1-5-18(2)10-8-15-14(12-18)6-7-16-19(15,3)11-9-17(22)20(16,4)13-21/h5-6,15-17,21-22H,1,7-13H2,2-4H3/t15-,16+,17-,18+,19+,20+/m1/s1. The lowest BCUT2D eigenvalue weighted by Crippen LogP contribution is -2.57. The number of aliphatic hydroxyl groups is 2. The summed E-state index contributed by atoms with van der Waals surface area (Å²) in [7, 11) is 0. The third kappa shape index (κ3) is 2.14. The first-order chi connectivity index (χ1) is 10.3. The molecule has 3 rings (SSSR count). The molecule has 3 aliphatic rings. The van der Waals surface area contributed by atoms with E-state index in [0.717, 1.165) is 25.7 Å². The zero-order valence-corrected chi connectivity index (χ0v) is 14.4. The minimum Gasteiger partial charge on any atom is -0.396 e. The number of aliphatic hydroxyl groups excluding tert-OH is 2. The summed E-state index contributed by atoms with van der Waals surface area (Å²) in [4.78, 5) is 0. The number of fused-ring (bicyclic) bond motifs is 3. The summed E-state index contributed by atoms with van der Waals surface area (Å²) in [5, 5.41) is 20.5. The van der Waals surface area contributed by atoms with Crippen LogP contribution in [0.3, 0.4) is 0 Å². The van der Waals surface area contributed by atoms with Crippen molar-refractivity contribution in [3.63, 3.8) is 0 Å². The summed E-state index contributed by atoms with van der Waals surface area (Å²) in [5.74, 6) is 1.01. The molecule has 124 valence electrons. The van der Waals surface area contributed by atoms with Crippen molar-refractivity contribution in [1.82, 2.24) is 0 Å². The van der Waals surface area contributed by atoms with Crippen LogP contribution in [-0.4, -0.2) is 22.9 Å². The van der Waals surface area contributed by atoms with Gasteiger partial charge in [0.25, 0.3) is 0 Å². The molecule has 22 heavy (non-hydrogen) atoms. The maximum atomic E-state index is 10.5. The van der Waals surface area contributed by atoms with Gasteiger partial charge < -0.3 is 10.2 Å². The second-order valence-corrected chi connectivity index (χ2v) is 8.92. The highest BCUT2D eigenvalue weighted by Crippen LogP contribution is 2.63. The third-order valence-electron chi connectivity index (χ3n) is 7.61. The fourth-order valence-corrected chi connectivity index (χ4v) is 5.86. The molecule has 0 amide bonds. The molecule has 2 nitrogen and oxygen atoms in total. The van der Waals surface area contributed by atoms with Crippen molar-refractivity contribution < 1.29 is 10.2 Å². The van der Waals surface area contributed by atoms with Crippen LogP contribution in [-0.2, 0) is 0 Å². The molecule has 2 heteroatoms. The fraction of sp³-hybridized carbons (Fsp3) is 0.800. The van der Waals surface area contributed by atoms with Crippen molar-refractivity contribution >= 4 is 0 Å². The molecule has 0 aromatic rings. The molecule has 2 saturated carbocycles. The van der Waals surface area contributed by atoms with Crippen LogP contribution in [0.25, 0.3) is 0 Å². The van der Waals surface area contributed by atoms with Crippen molar-refractivity contribution in [2.24, 2.45) is 28.1 Å². The Kier molecular flexibility index (Phi) is 3.85. The van der Waals surface area contributed by atoms with Gasteiger partial charge in [0.15, 0.2) is 0 Å². The van der Waals surface area contributed by atoms with E-state index in [0.29, 0.717) is 11.8 Å². The highest BCUT2D eigenvalue weighted by atomic mass is 16.3. The zero-order chi connectivity index (χ0) is 16.2. The van der Waals surface area contributed by atoms with E-state index in [1.807, 2.05) is 0 Å². The Balaban J connectivity index is 1.96.